The van der Waals surface area contributed by atoms with Gasteiger partial charge >= 0.3 is 0 Å². The first kappa shape index (κ1) is 20.5. The van der Waals surface area contributed by atoms with Crippen LogP contribution >= 0.6 is 0 Å². The number of nitrogens with two attached hydrogens (primary N) is 1. The molecule has 1 fully saturated rings. The van der Waals surface area contributed by atoms with Crippen LogP contribution < -0.4 is 5.73 Å². The van der Waals surface area contributed by atoms with Crippen LogP contribution in [0, 0.1) is 11.7 Å². The van der Waals surface area contributed by atoms with Crippen molar-refractivity contribution in [3.05, 3.63) is 53.9 Å². The SMILES string of the molecule is CN(CC1CCN(CCc2cccc(F)c2)CC1)C(=O)[C@@H](N)Cc1cnc[nH]1. The molecule has 152 valence electrons. The van der Waals surface area contributed by atoms with Crippen LogP contribution in [0.5, 0.6) is 0 Å². The molecule has 1 aliphatic heterocycles. The third-order valence-electron chi connectivity index (χ3n) is 5.53. The van der Waals surface area contributed by atoms with Gasteiger partial charge in [-0.25, -0.2) is 9.37 Å². The van der Waals surface area contributed by atoms with Crippen LogP contribution in [0.15, 0.2) is 36.8 Å². The highest BCUT2D eigenvalue weighted by Gasteiger charge is 2.24. The fourth-order valence-electron chi connectivity index (χ4n) is 3.85. The Hall–Kier alpha value is -2.25. The Bertz CT molecular complexity index is 743. The first-order valence-electron chi connectivity index (χ1n) is 9.96. The number of carbonyl (C=O) groups is 1. The fraction of sp³-hybridized carbons (Fsp3) is 0.524. The third-order valence-corrected chi connectivity index (χ3v) is 5.53. The van der Waals surface area contributed by atoms with Gasteiger partial charge in [0.25, 0.3) is 0 Å². The maximum Gasteiger partial charge on any atom is 0.239 e. The van der Waals surface area contributed by atoms with Crippen LogP contribution in [0.3, 0.4) is 0 Å². The summed E-state index contributed by atoms with van der Waals surface area (Å²) < 4.78 is 13.3. The number of imidazole rings is 1. The normalized spacial score (nSPS) is 16.8. The Morgan fingerprint density at radius 3 is 2.89 bits per heavy atom. The molecule has 3 rings (SSSR count). The number of carbonyl (C=O) groups excluding carboxylic acids is 1. The van der Waals surface area contributed by atoms with Crippen molar-refractivity contribution in [2.24, 2.45) is 11.7 Å². The van der Waals surface area contributed by atoms with Crippen molar-refractivity contribution in [2.75, 3.05) is 33.2 Å². The zero-order valence-corrected chi connectivity index (χ0v) is 16.5. The fourth-order valence-corrected chi connectivity index (χ4v) is 3.85. The average Bonchev–Trinajstić information content (AvgIpc) is 3.20. The number of H-pyrrole nitrogens is 1. The molecule has 1 aromatic carbocycles. The van der Waals surface area contributed by atoms with Crippen molar-refractivity contribution >= 4 is 5.91 Å². The highest BCUT2D eigenvalue weighted by molar-refractivity contribution is 5.81. The summed E-state index contributed by atoms with van der Waals surface area (Å²) in [4.78, 5) is 23.7. The molecule has 3 N–H and O–H groups in total. The minimum Gasteiger partial charge on any atom is -0.348 e. The van der Waals surface area contributed by atoms with Crippen LogP contribution in [0.2, 0.25) is 0 Å². The van der Waals surface area contributed by atoms with E-state index in [0.717, 1.165) is 56.7 Å². The van der Waals surface area contributed by atoms with Crippen LogP contribution in [0.1, 0.15) is 24.1 Å². The van der Waals surface area contributed by atoms with E-state index >= 15 is 0 Å². The van der Waals surface area contributed by atoms with Gasteiger partial charge in [-0.05, 0) is 56.0 Å². The number of benzene rings is 1. The number of likely N-dealkylation sites (tertiary alicyclic amines) is 1. The second-order valence-corrected chi connectivity index (χ2v) is 7.77. The predicted octanol–water partition coefficient (Wildman–Crippen LogP) is 1.83. The summed E-state index contributed by atoms with van der Waals surface area (Å²) in [6, 6.07) is 6.29. The molecule has 28 heavy (non-hydrogen) atoms. The number of amides is 1. The highest BCUT2D eigenvalue weighted by Crippen LogP contribution is 2.19. The van der Waals surface area contributed by atoms with Crippen molar-refractivity contribution in [1.29, 1.82) is 0 Å². The van der Waals surface area contributed by atoms with Crippen molar-refractivity contribution in [1.82, 2.24) is 19.8 Å². The summed E-state index contributed by atoms with van der Waals surface area (Å²) in [6.07, 6.45) is 6.77. The molecule has 0 spiro atoms. The van der Waals surface area contributed by atoms with E-state index in [9.17, 15) is 9.18 Å². The van der Waals surface area contributed by atoms with Crippen molar-refractivity contribution < 1.29 is 9.18 Å². The van der Waals surface area contributed by atoms with Crippen LogP contribution in [-0.2, 0) is 17.6 Å². The van der Waals surface area contributed by atoms with Gasteiger partial charge in [0, 0.05) is 38.4 Å². The van der Waals surface area contributed by atoms with Crippen LogP contribution in [-0.4, -0.2) is 64.9 Å². The molecule has 0 bridgehead atoms. The average molecular weight is 388 g/mol. The molecule has 2 aromatic rings. The quantitative estimate of drug-likeness (QED) is 0.724. The topological polar surface area (TPSA) is 78.2 Å². The molecular formula is C21H30FN5O. The zero-order valence-electron chi connectivity index (χ0n) is 16.5. The van der Waals surface area contributed by atoms with Crippen molar-refractivity contribution in [3.8, 4) is 0 Å². The molecule has 1 atom stereocenters. The molecule has 1 amide bonds. The lowest BCUT2D eigenvalue weighted by Gasteiger charge is -2.34. The Morgan fingerprint density at radius 2 is 2.21 bits per heavy atom. The first-order valence-corrected chi connectivity index (χ1v) is 9.96. The number of nitrogens with one attached hydrogen (secondary N) is 1. The van der Waals surface area contributed by atoms with Crippen LogP contribution in [0.4, 0.5) is 4.39 Å². The molecule has 0 unspecified atom stereocenters. The molecular weight excluding hydrogens is 357 g/mol. The number of halogens is 1. The molecule has 0 radical (unpaired) electrons. The van der Waals surface area contributed by atoms with Gasteiger partial charge in [0.2, 0.25) is 5.91 Å². The standard InChI is InChI=1S/C21H30FN5O/c1-26(21(28)20(23)12-19-13-24-15-25-19)14-17-6-9-27(10-7-17)8-5-16-3-2-4-18(22)11-16/h2-4,11,13,15,17,20H,5-10,12,14,23H2,1H3,(H,24,25)/t20-/m0/s1. The Labute approximate surface area is 165 Å². The summed E-state index contributed by atoms with van der Waals surface area (Å²) in [6.45, 7) is 3.72. The van der Waals surface area contributed by atoms with Crippen molar-refractivity contribution in [3.63, 3.8) is 0 Å². The first-order chi connectivity index (χ1) is 13.5. The molecule has 1 aliphatic rings. The van der Waals surface area contributed by atoms with Gasteiger partial charge in [0.1, 0.15) is 5.82 Å². The van der Waals surface area contributed by atoms with E-state index in [1.807, 2.05) is 13.1 Å². The van der Waals surface area contributed by atoms with E-state index in [-0.39, 0.29) is 11.7 Å². The molecule has 0 saturated carbocycles. The summed E-state index contributed by atoms with van der Waals surface area (Å²) in [5.74, 6) is 0.302. The molecule has 0 aliphatic carbocycles. The van der Waals surface area contributed by atoms with Gasteiger partial charge in [-0.15, -0.1) is 0 Å². The van der Waals surface area contributed by atoms with E-state index < -0.39 is 6.04 Å². The number of nitrogens with zero attached hydrogens (tertiary/aromatic N) is 3. The predicted molar refractivity (Wildman–Crippen MR) is 107 cm³/mol. The smallest absolute Gasteiger partial charge is 0.239 e. The maximum atomic E-state index is 13.3. The van der Waals surface area contributed by atoms with E-state index in [0.29, 0.717) is 12.3 Å². The van der Waals surface area contributed by atoms with E-state index in [1.165, 1.54) is 6.07 Å². The number of rotatable bonds is 8. The maximum absolute atomic E-state index is 13.3. The summed E-state index contributed by atoms with van der Waals surface area (Å²) in [5, 5.41) is 0. The van der Waals surface area contributed by atoms with Gasteiger partial charge in [-0.1, -0.05) is 12.1 Å². The van der Waals surface area contributed by atoms with E-state index in [1.54, 1.807) is 29.6 Å². The lowest BCUT2D eigenvalue weighted by atomic mass is 9.95. The summed E-state index contributed by atoms with van der Waals surface area (Å²) in [7, 11) is 1.84. The van der Waals surface area contributed by atoms with Gasteiger partial charge in [0.15, 0.2) is 0 Å². The lowest BCUT2D eigenvalue weighted by molar-refractivity contribution is -0.132. The Morgan fingerprint density at radius 1 is 1.43 bits per heavy atom. The number of hydrogen-bond donors (Lipinski definition) is 2. The second kappa shape index (κ2) is 9.80. The zero-order chi connectivity index (χ0) is 19.9. The molecule has 7 heteroatoms. The van der Waals surface area contributed by atoms with Crippen LogP contribution in [0.25, 0.3) is 0 Å². The highest BCUT2D eigenvalue weighted by atomic mass is 19.1. The number of likely N-dealkylation sites (N-methyl/N-ethyl adjacent to an activating group) is 1. The Kier molecular flexibility index (Phi) is 7.17. The molecule has 2 heterocycles. The van der Waals surface area contributed by atoms with Crippen molar-refractivity contribution in [2.45, 2.75) is 31.7 Å². The number of piperidine rings is 1. The number of hydrogen-bond acceptors (Lipinski definition) is 4. The van der Waals surface area contributed by atoms with Gasteiger partial charge in [0.05, 0.1) is 12.4 Å². The Balaban J connectivity index is 1.37. The minimum atomic E-state index is -0.545. The summed E-state index contributed by atoms with van der Waals surface area (Å²) >= 11 is 0. The minimum absolute atomic E-state index is 0.0249. The second-order valence-electron chi connectivity index (χ2n) is 7.77. The number of aromatic nitrogens is 2. The molecule has 1 aromatic heterocycles. The molecule has 6 nitrogen and oxygen atoms in total. The monoisotopic (exact) mass is 387 g/mol. The van der Waals surface area contributed by atoms with Gasteiger partial charge < -0.3 is 20.5 Å². The largest absolute Gasteiger partial charge is 0.348 e. The van der Waals surface area contributed by atoms with E-state index in [2.05, 4.69) is 14.9 Å². The molecule has 1 saturated heterocycles. The summed E-state index contributed by atoms with van der Waals surface area (Å²) in [5.41, 5.74) is 7.98. The van der Waals surface area contributed by atoms with E-state index in [4.69, 9.17) is 5.73 Å². The lowest BCUT2D eigenvalue weighted by Crippen LogP contribution is -2.46. The van der Waals surface area contributed by atoms with Gasteiger partial charge in [-0.2, -0.15) is 0 Å². The third kappa shape index (κ3) is 5.87. The van der Waals surface area contributed by atoms with Gasteiger partial charge in [-0.3, -0.25) is 4.79 Å². The number of aromatic amines is 1.